The number of nitrogens with one attached hydrogen (secondary N) is 1. The summed E-state index contributed by atoms with van der Waals surface area (Å²) in [5, 5.41) is 8.30. The highest BCUT2D eigenvalue weighted by atomic mass is 15.3. The highest BCUT2D eigenvalue weighted by molar-refractivity contribution is 5.02. The van der Waals surface area contributed by atoms with E-state index >= 15 is 0 Å². The van der Waals surface area contributed by atoms with Gasteiger partial charge in [0.05, 0.1) is 11.7 Å². The van der Waals surface area contributed by atoms with Crippen molar-refractivity contribution in [3.05, 3.63) is 18.0 Å². The van der Waals surface area contributed by atoms with Crippen LogP contribution in [0.15, 0.2) is 12.3 Å². The van der Waals surface area contributed by atoms with Gasteiger partial charge in [-0.15, -0.1) is 0 Å². The van der Waals surface area contributed by atoms with Gasteiger partial charge < -0.3 is 5.32 Å². The maximum Gasteiger partial charge on any atom is 0.0628 e. The molecule has 1 aromatic heterocycles. The first-order valence-corrected chi connectivity index (χ1v) is 8.17. The van der Waals surface area contributed by atoms with Crippen LogP contribution >= 0.6 is 0 Å². The number of nitrogens with zero attached hydrogens (tertiary/aromatic N) is 2. The van der Waals surface area contributed by atoms with Crippen LogP contribution in [0.3, 0.4) is 0 Å². The van der Waals surface area contributed by atoms with E-state index < -0.39 is 0 Å². The third-order valence-corrected chi connectivity index (χ3v) is 4.30. The molecule has 3 heteroatoms. The number of hydrogen-bond acceptors (Lipinski definition) is 2. The summed E-state index contributed by atoms with van der Waals surface area (Å²) in [6, 6.07) is 2.74. The molecule has 0 amide bonds. The molecule has 0 saturated heterocycles. The van der Waals surface area contributed by atoms with Crippen LogP contribution in [0.2, 0.25) is 0 Å². The molecule has 0 bridgehead atoms. The van der Waals surface area contributed by atoms with Crippen molar-refractivity contribution in [2.24, 2.45) is 11.3 Å². The minimum Gasteiger partial charge on any atom is -0.317 e. The van der Waals surface area contributed by atoms with Gasteiger partial charge in [-0.1, -0.05) is 41.5 Å². The highest BCUT2D eigenvalue weighted by Crippen LogP contribution is 2.28. The summed E-state index contributed by atoms with van der Waals surface area (Å²) < 4.78 is 2.16. The molecule has 0 aliphatic carbocycles. The Morgan fingerprint density at radius 3 is 2.35 bits per heavy atom. The van der Waals surface area contributed by atoms with Crippen LogP contribution in [0, 0.1) is 11.3 Å². The Hall–Kier alpha value is -0.830. The average Bonchev–Trinajstić information content (AvgIpc) is 2.83. The Bertz CT molecular complexity index is 372. The van der Waals surface area contributed by atoms with Crippen LogP contribution in [0.1, 0.15) is 66.1 Å². The highest BCUT2D eigenvalue weighted by Gasteiger charge is 2.25. The molecule has 1 atom stereocenters. The molecule has 1 heterocycles. The SMILES string of the molecule is CCNCC(Cc1ccn(C(CC)CC)n1)C(C)(C)C. The quantitative estimate of drug-likeness (QED) is 0.777. The molecule has 0 radical (unpaired) electrons. The van der Waals surface area contributed by atoms with E-state index in [-0.39, 0.29) is 0 Å². The maximum absolute atomic E-state index is 4.80. The van der Waals surface area contributed by atoms with E-state index in [9.17, 15) is 0 Å². The first kappa shape index (κ1) is 17.2. The van der Waals surface area contributed by atoms with E-state index in [2.05, 4.69) is 63.8 Å². The molecule has 0 spiro atoms. The lowest BCUT2D eigenvalue weighted by molar-refractivity contribution is 0.229. The fraction of sp³-hybridized carbons (Fsp3) is 0.824. The van der Waals surface area contributed by atoms with Gasteiger partial charge in [-0.05, 0) is 49.8 Å². The van der Waals surface area contributed by atoms with Gasteiger partial charge in [-0.25, -0.2) is 0 Å². The van der Waals surface area contributed by atoms with Gasteiger partial charge >= 0.3 is 0 Å². The molecule has 1 N–H and O–H groups in total. The van der Waals surface area contributed by atoms with E-state index in [0.29, 0.717) is 17.4 Å². The minimum atomic E-state index is 0.306. The van der Waals surface area contributed by atoms with Gasteiger partial charge in [0.1, 0.15) is 0 Å². The van der Waals surface area contributed by atoms with Crippen LogP contribution in [-0.2, 0) is 6.42 Å². The van der Waals surface area contributed by atoms with Crippen molar-refractivity contribution in [2.75, 3.05) is 13.1 Å². The zero-order valence-corrected chi connectivity index (χ0v) is 14.2. The van der Waals surface area contributed by atoms with E-state index in [1.807, 2.05) is 0 Å². The standard InChI is InChI=1S/C17H33N3/c1-7-16(8-2)20-11-10-15(19-20)12-14(13-18-9-3)17(4,5)6/h10-11,14,16,18H,7-9,12-13H2,1-6H3. The second-order valence-corrected chi connectivity index (χ2v) is 6.83. The minimum absolute atomic E-state index is 0.306. The second-order valence-electron chi connectivity index (χ2n) is 6.83. The molecule has 0 fully saturated rings. The molecule has 3 nitrogen and oxygen atoms in total. The molecule has 1 unspecified atom stereocenters. The first-order chi connectivity index (χ1) is 9.42. The van der Waals surface area contributed by atoms with Crippen molar-refractivity contribution in [3.8, 4) is 0 Å². The predicted molar refractivity (Wildman–Crippen MR) is 87.0 cm³/mol. The second kappa shape index (κ2) is 7.82. The van der Waals surface area contributed by atoms with Crippen molar-refractivity contribution in [3.63, 3.8) is 0 Å². The van der Waals surface area contributed by atoms with Crippen molar-refractivity contribution in [2.45, 2.75) is 66.8 Å². The monoisotopic (exact) mass is 279 g/mol. The normalized spacial score (nSPS) is 13.9. The molecule has 116 valence electrons. The fourth-order valence-electron chi connectivity index (χ4n) is 2.61. The molecule has 0 saturated carbocycles. The molecule has 0 aromatic carbocycles. The maximum atomic E-state index is 4.80. The predicted octanol–water partition coefficient (Wildman–Crippen LogP) is 4.06. The van der Waals surface area contributed by atoms with E-state index in [1.54, 1.807) is 0 Å². The van der Waals surface area contributed by atoms with Crippen LogP contribution in [0.25, 0.3) is 0 Å². The summed E-state index contributed by atoms with van der Waals surface area (Å²) in [4.78, 5) is 0. The van der Waals surface area contributed by atoms with Gasteiger partial charge in [0, 0.05) is 6.20 Å². The largest absolute Gasteiger partial charge is 0.317 e. The van der Waals surface area contributed by atoms with E-state index in [0.717, 1.165) is 32.4 Å². The molecule has 20 heavy (non-hydrogen) atoms. The Labute approximate surface area is 125 Å². The number of hydrogen-bond donors (Lipinski definition) is 1. The summed E-state index contributed by atoms with van der Waals surface area (Å²) in [7, 11) is 0. The van der Waals surface area contributed by atoms with Gasteiger partial charge in [0.2, 0.25) is 0 Å². The zero-order chi connectivity index (χ0) is 15.2. The lowest BCUT2D eigenvalue weighted by Gasteiger charge is -2.30. The summed E-state index contributed by atoms with van der Waals surface area (Å²) in [6.07, 6.45) is 5.51. The third kappa shape index (κ3) is 4.93. The molecule has 1 rings (SSSR count). The number of rotatable bonds is 8. The molecule has 1 aromatic rings. The molecular formula is C17H33N3. The molecular weight excluding hydrogens is 246 g/mol. The Kier molecular flexibility index (Phi) is 6.74. The van der Waals surface area contributed by atoms with Gasteiger partial charge in [0.25, 0.3) is 0 Å². The van der Waals surface area contributed by atoms with Crippen molar-refractivity contribution < 1.29 is 0 Å². The van der Waals surface area contributed by atoms with Gasteiger partial charge in [-0.3, -0.25) is 4.68 Å². The molecule has 0 aliphatic heterocycles. The summed E-state index contributed by atoms with van der Waals surface area (Å²) in [5.74, 6) is 0.618. The Morgan fingerprint density at radius 2 is 1.85 bits per heavy atom. The summed E-state index contributed by atoms with van der Waals surface area (Å²) in [5.41, 5.74) is 1.54. The Morgan fingerprint density at radius 1 is 1.20 bits per heavy atom. The molecule has 0 aliphatic rings. The van der Waals surface area contributed by atoms with Crippen molar-refractivity contribution in [1.82, 2.24) is 15.1 Å². The number of aromatic nitrogens is 2. The Balaban J connectivity index is 2.74. The van der Waals surface area contributed by atoms with E-state index in [1.165, 1.54) is 5.69 Å². The zero-order valence-electron chi connectivity index (χ0n) is 14.2. The van der Waals surface area contributed by atoms with Gasteiger partial charge in [0.15, 0.2) is 0 Å². The van der Waals surface area contributed by atoms with Crippen LogP contribution in [0.5, 0.6) is 0 Å². The lowest BCUT2D eigenvalue weighted by atomic mass is 9.78. The average molecular weight is 279 g/mol. The lowest BCUT2D eigenvalue weighted by Crippen LogP contribution is -2.33. The van der Waals surface area contributed by atoms with Crippen LogP contribution < -0.4 is 5.32 Å². The van der Waals surface area contributed by atoms with Gasteiger partial charge in [-0.2, -0.15) is 5.10 Å². The summed E-state index contributed by atoms with van der Waals surface area (Å²) >= 11 is 0. The van der Waals surface area contributed by atoms with Crippen molar-refractivity contribution >= 4 is 0 Å². The first-order valence-electron chi connectivity index (χ1n) is 8.17. The topological polar surface area (TPSA) is 29.9 Å². The third-order valence-electron chi connectivity index (χ3n) is 4.30. The smallest absolute Gasteiger partial charge is 0.0628 e. The van der Waals surface area contributed by atoms with Crippen LogP contribution in [-0.4, -0.2) is 22.9 Å². The van der Waals surface area contributed by atoms with Crippen molar-refractivity contribution in [1.29, 1.82) is 0 Å². The van der Waals surface area contributed by atoms with Crippen LogP contribution in [0.4, 0.5) is 0 Å². The fourth-order valence-corrected chi connectivity index (χ4v) is 2.61. The summed E-state index contributed by atoms with van der Waals surface area (Å²) in [6.45, 7) is 15.7. The van der Waals surface area contributed by atoms with E-state index in [4.69, 9.17) is 5.10 Å².